The van der Waals surface area contributed by atoms with Gasteiger partial charge in [0.1, 0.15) is 0 Å². The molecule has 0 unspecified atom stereocenters. The zero-order valence-electron chi connectivity index (χ0n) is 7.41. The molecular formula is C7H13N3O3. The van der Waals surface area contributed by atoms with E-state index in [1.165, 1.54) is 11.9 Å². The Hall–Kier alpha value is -1.14. The SMILES string of the molecule is CNOC(=N)C(=O)N1CC[C@H](O)C1. The van der Waals surface area contributed by atoms with Crippen molar-refractivity contribution in [3.05, 3.63) is 0 Å². The first-order valence-corrected chi connectivity index (χ1v) is 4.04. The topological polar surface area (TPSA) is 85.7 Å². The number of rotatable bonds is 1. The first-order valence-electron chi connectivity index (χ1n) is 4.04. The zero-order chi connectivity index (χ0) is 9.84. The summed E-state index contributed by atoms with van der Waals surface area (Å²) < 4.78 is 0. The highest BCUT2D eigenvalue weighted by molar-refractivity contribution is 6.33. The molecule has 1 amide bonds. The van der Waals surface area contributed by atoms with Crippen LogP contribution in [0.15, 0.2) is 0 Å². The molecule has 1 aliphatic heterocycles. The molecule has 1 aliphatic rings. The van der Waals surface area contributed by atoms with Crippen molar-refractivity contribution in [1.82, 2.24) is 10.4 Å². The molecule has 1 heterocycles. The fraction of sp³-hybridized carbons (Fsp3) is 0.714. The molecule has 3 N–H and O–H groups in total. The van der Waals surface area contributed by atoms with Gasteiger partial charge in [0.15, 0.2) is 0 Å². The first-order chi connectivity index (χ1) is 6.15. The number of hydrogen-bond donors (Lipinski definition) is 3. The Balaban J connectivity index is 2.43. The third-order valence-corrected chi connectivity index (χ3v) is 1.85. The first kappa shape index (κ1) is 9.94. The van der Waals surface area contributed by atoms with Gasteiger partial charge in [-0.3, -0.25) is 10.2 Å². The minimum atomic E-state index is -0.495. The van der Waals surface area contributed by atoms with Gasteiger partial charge >= 0.3 is 5.91 Å². The Morgan fingerprint density at radius 3 is 2.92 bits per heavy atom. The van der Waals surface area contributed by atoms with E-state index in [-0.39, 0.29) is 6.54 Å². The van der Waals surface area contributed by atoms with Crippen LogP contribution < -0.4 is 5.48 Å². The molecule has 0 aromatic rings. The van der Waals surface area contributed by atoms with Gasteiger partial charge in [-0.25, -0.2) is 0 Å². The minimum absolute atomic E-state index is 0.286. The fourth-order valence-corrected chi connectivity index (χ4v) is 1.22. The van der Waals surface area contributed by atoms with E-state index >= 15 is 0 Å². The Labute approximate surface area is 75.9 Å². The maximum Gasteiger partial charge on any atom is 0.310 e. The minimum Gasteiger partial charge on any atom is -0.391 e. The van der Waals surface area contributed by atoms with Gasteiger partial charge in [-0.15, -0.1) is 0 Å². The summed E-state index contributed by atoms with van der Waals surface area (Å²) >= 11 is 0. The number of nitrogens with zero attached hydrogens (tertiary/aromatic N) is 1. The average molecular weight is 187 g/mol. The van der Waals surface area contributed by atoms with E-state index in [2.05, 4.69) is 10.3 Å². The average Bonchev–Trinajstić information content (AvgIpc) is 2.51. The van der Waals surface area contributed by atoms with E-state index in [1.807, 2.05) is 0 Å². The third kappa shape index (κ3) is 2.40. The summed E-state index contributed by atoms with van der Waals surface area (Å²) in [6.07, 6.45) is 0.102. The summed E-state index contributed by atoms with van der Waals surface area (Å²) in [6.45, 7) is 0.768. The number of aliphatic hydroxyl groups excluding tert-OH is 1. The number of carbonyl (C=O) groups is 1. The number of hydrogen-bond acceptors (Lipinski definition) is 5. The summed E-state index contributed by atoms with van der Waals surface area (Å²) in [5.41, 5.74) is 2.25. The lowest BCUT2D eigenvalue weighted by Crippen LogP contribution is -2.37. The second-order valence-corrected chi connectivity index (χ2v) is 2.83. The molecule has 0 aromatic carbocycles. The molecule has 0 aromatic heterocycles. The van der Waals surface area contributed by atoms with Gasteiger partial charge in [-0.05, 0) is 6.42 Å². The third-order valence-electron chi connectivity index (χ3n) is 1.85. The molecule has 1 rings (SSSR count). The Morgan fingerprint density at radius 1 is 1.77 bits per heavy atom. The van der Waals surface area contributed by atoms with Crippen LogP contribution in [0.2, 0.25) is 0 Å². The van der Waals surface area contributed by atoms with Crippen molar-refractivity contribution in [2.75, 3.05) is 20.1 Å². The van der Waals surface area contributed by atoms with Crippen LogP contribution in [-0.2, 0) is 9.63 Å². The van der Waals surface area contributed by atoms with Crippen molar-refractivity contribution in [3.8, 4) is 0 Å². The normalized spacial score (nSPS) is 21.7. The fourth-order valence-electron chi connectivity index (χ4n) is 1.22. The van der Waals surface area contributed by atoms with E-state index in [1.54, 1.807) is 0 Å². The van der Waals surface area contributed by atoms with Gasteiger partial charge in [-0.2, -0.15) is 5.48 Å². The summed E-state index contributed by atoms with van der Waals surface area (Å²) in [7, 11) is 1.47. The highest BCUT2D eigenvalue weighted by Gasteiger charge is 2.27. The molecule has 6 nitrogen and oxygen atoms in total. The lowest BCUT2D eigenvalue weighted by Gasteiger charge is -2.14. The predicted octanol–water partition coefficient (Wildman–Crippen LogP) is -1.29. The molecule has 0 saturated carbocycles. The van der Waals surface area contributed by atoms with Crippen molar-refractivity contribution >= 4 is 11.8 Å². The summed E-state index contributed by atoms with van der Waals surface area (Å²) in [5, 5.41) is 16.3. The molecule has 13 heavy (non-hydrogen) atoms. The van der Waals surface area contributed by atoms with Gasteiger partial charge in [0, 0.05) is 20.1 Å². The maximum atomic E-state index is 11.3. The van der Waals surface area contributed by atoms with Crippen molar-refractivity contribution < 1.29 is 14.7 Å². The molecule has 0 radical (unpaired) electrons. The van der Waals surface area contributed by atoms with Crippen LogP contribution >= 0.6 is 0 Å². The van der Waals surface area contributed by atoms with Crippen molar-refractivity contribution in [1.29, 1.82) is 5.41 Å². The largest absolute Gasteiger partial charge is 0.391 e. The summed E-state index contributed by atoms with van der Waals surface area (Å²) in [4.78, 5) is 17.2. The van der Waals surface area contributed by atoms with Gasteiger partial charge in [0.25, 0.3) is 5.90 Å². The van der Waals surface area contributed by atoms with E-state index in [0.717, 1.165) is 0 Å². The van der Waals surface area contributed by atoms with Crippen molar-refractivity contribution in [3.63, 3.8) is 0 Å². The molecule has 0 bridgehead atoms. The number of nitrogens with one attached hydrogen (secondary N) is 2. The van der Waals surface area contributed by atoms with Crippen LogP contribution in [0, 0.1) is 5.41 Å². The number of aliphatic hydroxyl groups is 1. The van der Waals surface area contributed by atoms with Crippen LogP contribution in [0.5, 0.6) is 0 Å². The van der Waals surface area contributed by atoms with Gasteiger partial charge in [-0.1, -0.05) is 0 Å². The Kier molecular flexibility index (Phi) is 3.21. The predicted molar refractivity (Wildman–Crippen MR) is 45.1 cm³/mol. The molecule has 1 saturated heterocycles. The Bertz CT molecular complexity index is 219. The summed E-state index contributed by atoms with van der Waals surface area (Å²) in [6, 6.07) is 0. The van der Waals surface area contributed by atoms with Crippen molar-refractivity contribution in [2.24, 2.45) is 0 Å². The lowest BCUT2D eigenvalue weighted by molar-refractivity contribution is -0.125. The Morgan fingerprint density at radius 2 is 2.46 bits per heavy atom. The lowest BCUT2D eigenvalue weighted by atomic mass is 10.3. The van der Waals surface area contributed by atoms with Gasteiger partial charge < -0.3 is 14.8 Å². The molecule has 74 valence electrons. The molecule has 6 heteroatoms. The van der Waals surface area contributed by atoms with Crippen LogP contribution in [0.4, 0.5) is 0 Å². The highest BCUT2D eigenvalue weighted by atomic mass is 16.7. The van der Waals surface area contributed by atoms with Crippen LogP contribution in [0.1, 0.15) is 6.42 Å². The molecule has 1 fully saturated rings. The van der Waals surface area contributed by atoms with Crippen LogP contribution in [0.25, 0.3) is 0 Å². The number of amides is 1. The smallest absolute Gasteiger partial charge is 0.310 e. The van der Waals surface area contributed by atoms with E-state index in [0.29, 0.717) is 13.0 Å². The number of likely N-dealkylation sites (tertiary alicyclic amines) is 1. The van der Waals surface area contributed by atoms with Crippen LogP contribution in [-0.4, -0.2) is 48.1 Å². The molecular weight excluding hydrogens is 174 g/mol. The van der Waals surface area contributed by atoms with E-state index in [9.17, 15) is 4.79 Å². The second kappa shape index (κ2) is 4.20. The van der Waals surface area contributed by atoms with Crippen LogP contribution in [0.3, 0.4) is 0 Å². The number of β-amino-alcohol motifs (C(OH)–C–C–N with tert-alkyl or cyclic N) is 1. The van der Waals surface area contributed by atoms with E-state index < -0.39 is 17.9 Å². The highest BCUT2D eigenvalue weighted by Crippen LogP contribution is 2.08. The molecule has 0 spiro atoms. The van der Waals surface area contributed by atoms with Gasteiger partial charge in [0.2, 0.25) is 0 Å². The van der Waals surface area contributed by atoms with Crippen molar-refractivity contribution in [2.45, 2.75) is 12.5 Å². The molecule has 0 aliphatic carbocycles. The number of carbonyl (C=O) groups excluding carboxylic acids is 1. The standard InChI is InChI=1S/C7H13N3O3/c1-9-13-6(8)7(12)10-3-2-5(11)4-10/h5,8-9,11H,2-4H2,1H3/t5-/m0/s1. The maximum absolute atomic E-state index is 11.3. The quantitative estimate of drug-likeness (QED) is 0.271. The zero-order valence-corrected chi connectivity index (χ0v) is 7.41. The molecule has 1 atom stereocenters. The summed E-state index contributed by atoms with van der Waals surface area (Å²) in [5.74, 6) is -0.942. The second-order valence-electron chi connectivity index (χ2n) is 2.83. The number of hydroxylamine groups is 1. The monoisotopic (exact) mass is 187 g/mol. The van der Waals surface area contributed by atoms with Gasteiger partial charge in [0.05, 0.1) is 6.10 Å². The van der Waals surface area contributed by atoms with E-state index in [4.69, 9.17) is 10.5 Å².